The summed E-state index contributed by atoms with van der Waals surface area (Å²) < 4.78 is 13.0. The van der Waals surface area contributed by atoms with Crippen LogP contribution < -0.4 is 15.4 Å². The van der Waals surface area contributed by atoms with Crippen molar-refractivity contribution in [2.75, 3.05) is 36.9 Å². The molecule has 204 valence electrons. The molecule has 1 aliphatic rings. The number of benzene rings is 2. The topological polar surface area (TPSA) is 110 Å². The van der Waals surface area contributed by atoms with Gasteiger partial charge in [0.25, 0.3) is 0 Å². The normalized spacial score (nSPS) is 14.2. The number of amides is 2. The highest BCUT2D eigenvalue weighted by Gasteiger charge is 2.20. The molecule has 1 fully saturated rings. The lowest BCUT2D eigenvalue weighted by Crippen LogP contribution is -2.33. The molecule has 0 saturated carbocycles. The minimum absolute atomic E-state index is 0.189. The summed E-state index contributed by atoms with van der Waals surface area (Å²) in [6.07, 6.45) is 5.79. The van der Waals surface area contributed by atoms with Gasteiger partial charge < -0.3 is 14.6 Å². The summed E-state index contributed by atoms with van der Waals surface area (Å²) in [6.45, 7) is 10.1. The van der Waals surface area contributed by atoms with E-state index in [9.17, 15) is 4.79 Å². The Morgan fingerprint density at radius 3 is 2.44 bits per heavy atom. The van der Waals surface area contributed by atoms with Crippen molar-refractivity contribution in [3.05, 3.63) is 66.6 Å². The molecule has 2 aromatic heterocycles. The Morgan fingerprint density at radius 2 is 1.74 bits per heavy atom. The Kier molecular flexibility index (Phi) is 7.92. The zero-order chi connectivity index (χ0) is 27.2. The third-order valence-corrected chi connectivity index (χ3v) is 6.65. The van der Waals surface area contributed by atoms with E-state index >= 15 is 0 Å². The number of anilines is 2. The van der Waals surface area contributed by atoms with Crippen LogP contribution >= 0.6 is 0 Å². The second-order valence-corrected chi connectivity index (χ2v) is 10.8. The second-order valence-electron chi connectivity index (χ2n) is 10.8. The predicted molar refractivity (Wildman–Crippen MR) is 150 cm³/mol. The fourth-order valence-electron chi connectivity index (χ4n) is 4.38. The molecule has 10 heteroatoms. The maximum absolute atomic E-state index is 12.4. The van der Waals surface area contributed by atoms with Gasteiger partial charge in [0.2, 0.25) is 0 Å². The minimum atomic E-state index is -0.402. The number of nitrogens with one attached hydrogen (secondary N) is 2. The molecule has 2 amide bonds. The van der Waals surface area contributed by atoms with Gasteiger partial charge in [0, 0.05) is 29.3 Å². The minimum Gasteiger partial charge on any atom is -0.492 e. The van der Waals surface area contributed by atoms with Crippen LogP contribution in [0.25, 0.3) is 16.9 Å². The van der Waals surface area contributed by atoms with E-state index in [0.29, 0.717) is 23.9 Å². The Labute approximate surface area is 228 Å². The lowest BCUT2D eigenvalue weighted by atomic mass is 9.93. The van der Waals surface area contributed by atoms with E-state index in [1.54, 1.807) is 10.7 Å². The van der Waals surface area contributed by atoms with Gasteiger partial charge in [0.1, 0.15) is 23.8 Å². The molecular weight excluding hydrogens is 494 g/mol. The number of hydrogen-bond donors (Lipinski definition) is 2. The van der Waals surface area contributed by atoms with Crippen molar-refractivity contribution >= 4 is 17.5 Å². The number of likely N-dealkylation sites (tertiary alicyclic amines) is 1. The molecule has 3 heterocycles. The molecule has 2 aromatic carbocycles. The Bertz CT molecular complexity index is 1370. The maximum Gasteiger partial charge on any atom is 0.324 e. The Morgan fingerprint density at radius 1 is 1.00 bits per heavy atom. The van der Waals surface area contributed by atoms with Gasteiger partial charge in [-0.15, -0.1) is 5.10 Å². The smallest absolute Gasteiger partial charge is 0.324 e. The van der Waals surface area contributed by atoms with Gasteiger partial charge in [0.15, 0.2) is 5.82 Å². The summed E-state index contributed by atoms with van der Waals surface area (Å²) in [7, 11) is 0. The molecule has 39 heavy (non-hydrogen) atoms. The number of urea groups is 1. The van der Waals surface area contributed by atoms with Crippen molar-refractivity contribution in [3.8, 4) is 22.7 Å². The zero-order valence-corrected chi connectivity index (χ0v) is 22.7. The van der Waals surface area contributed by atoms with Crippen molar-refractivity contribution in [1.29, 1.82) is 0 Å². The molecular formula is C29H35N7O3. The zero-order valence-electron chi connectivity index (χ0n) is 22.7. The monoisotopic (exact) mass is 529 g/mol. The highest BCUT2D eigenvalue weighted by Crippen LogP contribution is 2.25. The van der Waals surface area contributed by atoms with E-state index in [1.807, 2.05) is 75.5 Å². The van der Waals surface area contributed by atoms with Crippen LogP contribution in [0.15, 0.2) is 65.3 Å². The average molecular weight is 530 g/mol. The molecule has 2 N–H and O–H groups in total. The van der Waals surface area contributed by atoms with Crippen LogP contribution in [0, 0.1) is 0 Å². The van der Waals surface area contributed by atoms with Gasteiger partial charge >= 0.3 is 6.03 Å². The molecule has 10 nitrogen and oxygen atoms in total. The summed E-state index contributed by atoms with van der Waals surface area (Å²) in [5, 5.41) is 18.0. The molecule has 0 aliphatic carbocycles. The van der Waals surface area contributed by atoms with E-state index in [-0.39, 0.29) is 5.41 Å². The van der Waals surface area contributed by atoms with Crippen LogP contribution in [0.3, 0.4) is 0 Å². The highest BCUT2D eigenvalue weighted by molar-refractivity contribution is 5.99. The first-order valence-corrected chi connectivity index (χ1v) is 13.4. The number of aromatic nitrogens is 4. The van der Waals surface area contributed by atoms with E-state index in [2.05, 4.69) is 31.0 Å². The molecule has 0 spiro atoms. The average Bonchev–Trinajstić information content (AvgIpc) is 3.61. The van der Waals surface area contributed by atoms with Gasteiger partial charge in [-0.05, 0) is 62.3 Å². The standard InChI is InChI=1S/C29H35N7O3/c1-29(2,3)26-19-27(33-39-26)31-28(37)30-22-9-7-21(8-10-22)25-20-36(34-32-25)23-11-13-24(14-12-23)38-18-17-35-15-5-4-6-16-35/h7-14,19-20H,4-6,15-18H2,1-3H3,(H2,30,31,33,37). The van der Waals surface area contributed by atoms with Gasteiger partial charge in [-0.25, -0.2) is 9.48 Å². The lowest BCUT2D eigenvalue weighted by molar-refractivity contribution is 0.183. The van der Waals surface area contributed by atoms with E-state index < -0.39 is 6.03 Å². The summed E-state index contributed by atoms with van der Waals surface area (Å²) >= 11 is 0. The van der Waals surface area contributed by atoms with Crippen LogP contribution in [0.1, 0.15) is 45.8 Å². The number of piperidine rings is 1. The number of hydrogen-bond acceptors (Lipinski definition) is 7. The summed E-state index contributed by atoms with van der Waals surface area (Å²) in [4.78, 5) is 14.8. The predicted octanol–water partition coefficient (Wildman–Crippen LogP) is 5.73. The van der Waals surface area contributed by atoms with E-state index in [4.69, 9.17) is 9.26 Å². The van der Waals surface area contributed by atoms with Crippen LogP contribution in [0.4, 0.5) is 16.3 Å². The van der Waals surface area contributed by atoms with Crippen LogP contribution in [0.5, 0.6) is 5.75 Å². The second kappa shape index (κ2) is 11.7. The molecule has 0 atom stereocenters. The maximum atomic E-state index is 12.4. The third-order valence-electron chi connectivity index (χ3n) is 6.65. The molecule has 4 aromatic rings. The summed E-state index contributed by atoms with van der Waals surface area (Å²) in [6, 6.07) is 16.6. The number of nitrogens with zero attached hydrogens (tertiary/aromatic N) is 5. The summed E-state index contributed by atoms with van der Waals surface area (Å²) in [5.41, 5.74) is 2.96. The fourth-order valence-corrected chi connectivity index (χ4v) is 4.38. The fraction of sp³-hybridized carbons (Fsp3) is 0.379. The largest absolute Gasteiger partial charge is 0.492 e. The SMILES string of the molecule is CC(C)(C)c1cc(NC(=O)Nc2ccc(-c3cn(-c4ccc(OCCN5CCCCC5)cc4)nn3)cc2)no1. The Balaban J connectivity index is 1.13. The van der Waals surface area contributed by atoms with Crippen molar-refractivity contribution in [3.63, 3.8) is 0 Å². The van der Waals surface area contributed by atoms with Crippen LogP contribution in [0.2, 0.25) is 0 Å². The van der Waals surface area contributed by atoms with Crippen molar-refractivity contribution in [1.82, 2.24) is 25.1 Å². The van der Waals surface area contributed by atoms with Crippen molar-refractivity contribution in [2.24, 2.45) is 0 Å². The van der Waals surface area contributed by atoms with Crippen LogP contribution in [-0.2, 0) is 5.41 Å². The molecule has 1 aliphatic heterocycles. The highest BCUT2D eigenvalue weighted by atomic mass is 16.5. The van der Waals surface area contributed by atoms with Crippen molar-refractivity contribution in [2.45, 2.75) is 45.4 Å². The number of carbonyl (C=O) groups is 1. The van der Waals surface area contributed by atoms with Gasteiger partial charge in [-0.1, -0.05) is 49.7 Å². The number of ether oxygens (including phenoxy) is 1. The Hall–Kier alpha value is -4.18. The number of carbonyl (C=O) groups excluding carboxylic acids is 1. The van der Waals surface area contributed by atoms with Gasteiger partial charge in [0.05, 0.1) is 11.9 Å². The molecule has 0 bridgehead atoms. The number of rotatable bonds is 8. The lowest BCUT2D eigenvalue weighted by Gasteiger charge is -2.26. The van der Waals surface area contributed by atoms with E-state index in [1.165, 1.54) is 32.4 Å². The van der Waals surface area contributed by atoms with E-state index in [0.717, 1.165) is 29.2 Å². The quantitative estimate of drug-likeness (QED) is 0.300. The molecule has 1 saturated heterocycles. The summed E-state index contributed by atoms with van der Waals surface area (Å²) in [5.74, 6) is 1.91. The molecule has 5 rings (SSSR count). The van der Waals surface area contributed by atoms with Gasteiger partial charge in [-0.3, -0.25) is 10.2 Å². The van der Waals surface area contributed by atoms with Gasteiger partial charge in [-0.2, -0.15) is 0 Å². The van der Waals surface area contributed by atoms with Crippen LogP contribution in [-0.4, -0.2) is 57.3 Å². The first kappa shape index (κ1) is 26.4. The van der Waals surface area contributed by atoms with Crippen molar-refractivity contribution < 1.29 is 14.1 Å². The third kappa shape index (κ3) is 7.02. The molecule has 0 radical (unpaired) electrons. The molecule has 0 unspecified atom stereocenters. The first-order chi connectivity index (χ1) is 18.8. The first-order valence-electron chi connectivity index (χ1n) is 13.4.